The lowest BCUT2D eigenvalue weighted by Crippen LogP contribution is -2.52. The summed E-state index contributed by atoms with van der Waals surface area (Å²) in [5, 5.41) is 28.8. The lowest BCUT2D eigenvalue weighted by atomic mass is 10.00. The fourth-order valence-corrected chi connectivity index (χ4v) is 4.15. The molecule has 3 N–H and O–H groups in total. The summed E-state index contributed by atoms with van der Waals surface area (Å²) < 4.78 is 53.6. The summed E-state index contributed by atoms with van der Waals surface area (Å²) in [5.41, 5.74) is 0.933. The maximum Gasteiger partial charge on any atom is 0.401 e. The van der Waals surface area contributed by atoms with Gasteiger partial charge in [-0.25, -0.2) is 8.91 Å². The molecule has 1 fully saturated rings. The third-order valence-electron chi connectivity index (χ3n) is 6.27. The minimum absolute atomic E-state index is 0.0597. The number of halogens is 4. The monoisotopic (exact) mass is 533 g/mol. The number of amides is 1. The fourth-order valence-electron chi connectivity index (χ4n) is 4.15. The molecule has 0 saturated carbocycles. The highest BCUT2D eigenvalue weighted by atomic mass is 19.4. The van der Waals surface area contributed by atoms with E-state index in [1.165, 1.54) is 31.1 Å². The van der Waals surface area contributed by atoms with Gasteiger partial charge >= 0.3 is 6.18 Å². The van der Waals surface area contributed by atoms with E-state index in [-0.39, 0.29) is 24.6 Å². The number of carbonyl (C=O) groups is 1. The maximum atomic E-state index is 14.2. The molecule has 202 valence electrons. The lowest BCUT2D eigenvalue weighted by Gasteiger charge is -2.39. The van der Waals surface area contributed by atoms with E-state index in [0.29, 0.717) is 34.7 Å². The number of anilines is 1. The Bertz CT molecular complexity index is 1350. The van der Waals surface area contributed by atoms with Gasteiger partial charge in [0.1, 0.15) is 12.2 Å². The average molecular weight is 534 g/mol. The third kappa shape index (κ3) is 6.38. The van der Waals surface area contributed by atoms with Crippen molar-refractivity contribution in [2.75, 3.05) is 38.0 Å². The summed E-state index contributed by atoms with van der Waals surface area (Å²) in [6, 6.07) is 8.83. The second-order valence-electron chi connectivity index (χ2n) is 9.91. The molecule has 1 atom stereocenters. The van der Waals surface area contributed by atoms with Crippen LogP contribution in [0, 0.1) is 17.2 Å². The van der Waals surface area contributed by atoms with Gasteiger partial charge in [0.15, 0.2) is 0 Å². The zero-order valence-electron chi connectivity index (χ0n) is 20.8. The van der Waals surface area contributed by atoms with Crippen LogP contribution < -0.4 is 10.6 Å². The van der Waals surface area contributed by atoms with Crippen LogP contribution in [-0.4, -0.2) is 81.2 Å². The molecule has 4 rings (SSSR count). The zero-order valence-corrected chi connectivity index (χ0v) is 20.8. The number of rotatable bonds is 9. The van der Waals surface area contributed by atoms with E-state index in [2.05, 4.69) is 20.7 Å². The van der Waals surface area contributed by atoms with Crippen LogP contribution in [0.15, 0.2) is 36.7 Å². The highest BCUT2D eigenvalue weighted by Crippen LogP contribution is 2.27. The van der Waals surface area contributed by atoms with E-state index >= 15 is 0 Å². The van der Waals surface area contributed by atoms with Crippen LogP contribution in [0.1, 0.15) is 29.8 Å². The largest absolute Gasteiger partial charge is 0.401 e. The van der Waals surface area contributed by atoms with Gasteiger partial charge < -0.3 is 15.7 Å². The molecule has 0 aromatic carbocycles. The first-order valence-electron chi connectivity index (χ1n) is 11.9. The summed E-state index contributed by atoms with van der Waals surface area (Å²) >= 11 is 0. The first kappa shape index (κ1) is 27.3. The molecule has 3 aromatic heterocycles. The van der Waals surface area contributed by atoms with Gasteiger partial charge in [0.05, 0.1) is 58.6 Å². The molecule has 1 saturated heterocycles. The molecular formula is C25H27F4N7O2. The molecule has 13 heteroatoms. The van der Waals surface area contributed by atoms with Crippen molar-refractivity contribution in [1.82, 2.24) is 24.8 Å². The predicted molar refractivity (Wildman–Crippen MR) is 131 cm³/mol. The van der Waals surface area contributed by atoms with Crippen LogP contribution in [0.4, 0.5) is 23.2 Å². The Morgan fingerprint density at radius 3 is 2.66 bits per heavy atom. The van der Waals surface area contributed by atoms with E-state index < -0.39 is 36.9 Å². The van der Waals surface area contributed by atoms with E-state index in [9.17, 15) is 27.5 Å². The number of alkyl halides is 4. The number of fused-ring (bicyclic) bond motifs is 1. The van der Waals surface area contributed by atoms with Crippen molar-refractivity contribution in [1.29, 1.82) is 5.26 Å². The SMILES string of the molecule is CC(C)(O)C(F)CNC(=O)c1cnc(-c2ccc3cc(C#N)cnn23)cc1NCC1CN(CC(F)(F)F)C1. The van der Waals surface area contributed by atoms with Crippen molar-refractivity contribution in [2.45, 2.75) is 31.8 Å². The molecule has 1 aliphatic heterocycles. The molecule has 1 unspecified atom stereocenters. The predicted octanol–water partition coefficient (Wildman–Crippen LogP) is 3.01. The summed E-state index contributed by atoms with van der Waals surface area (Å²) in [7, 11) is 0. The molecular weight excluding hydrogens is 506 g/mol. The van der Waals surface area contributed by atoms with Gasteiger partial charge in [-0.2, -0.15) is 23.5 Å². The van der Waals surface area contributed by atoms with Gasteiger partial charge in [0, 0.05) is 31.7 Å². The molecule has 0 aliphatic carbocycles. The number of carbonyl (C=O) groups excluding carboxylic acids is 1. The highest BCUT2D eigenvalue weighted by Gasteiger charge is 2.37. The quantitative estimate of drug-likeness (QED) is 0.362. The number of nitrogens with zero attached hydrogens (tertiary/aromatic N) is 5. The smallest absolute Gasteiger partial charge is 0.387 e. The van der Waals surface area contributed by atoms with Crippen LogP contribution in [0.25, 0.3) is 16.9 Å². The molecule has 3 aromatic rings. The number of hydrogen-bond donors (Lipinski definition) is 3. The van der Waals surface area contributed by atoms with Crippen LogP contribution >= 0.6 is 0 Å². The maximum absolute atomic E-state index is 14.2. The zero-order chi connectivity index (χ0) is 27.7. The number of nitriles is 1. The molecule has 1 aliphatic rings. The van der Waals surface area contributed by atoms with E-state index in [0.717, 1.165) is 0 Å². The Kier molecular flexibility index (Phi) is 7.57. The van der Waals surface area contributed by atoms with Crippen molar-refractivity contribution in [2.24, 2.45) is 5.92 Å². The number of aliphatic hydroxyl groups is 1. The topological polar surface area (TPSA) is 119 Å². The minimum Gasteiger partial charge on any atom is -0.387 e. The lowest BCUT2D eigenvalue weighted by molar-refractivity contribution is -0.157. The first-order valence-corrected chi connectivity index (χ1v) is 11.9. The molecule has 38 heavy (non-hydrogen) atoms. The van der Waals surface area contributed by atoms with E-state index in [4.69, 9.17) is 5.26 Å². The van der Waals surface area contributed by atoms with Gasteiger partial charge in [-0.15, -0.1) is 0 Å². The molecule has 1 amide bonds. The van der Waals surface area contributed by atoms with E-state index in [1.807, 2.05) is 6.07 Å². The van der Waals surface area contributed by atoms with Crippen molar-refractivity contribution in [3.8, 4) is 17.5 Å². The second kappa shape index (κ2) is 10.5. The van der Waals surface area contributed by atoms with Crippen LogP contribution in [0.5, 0.6) is 0 Å². The minimum atomic E-state index is -4.26. The Labute approximate surface area is 216 Å². The van der Waals surface area contributed by atoms with Crippen LogP contribution in [0.3, 0.4) is 0 Å². The number of likely N-dealkylation sites (tertiary alicyclic amines) is 1. The Balaban J connectivity index is 1.55. The standard InChI is InChI=1S/C25H27F4N7O2/c1-24(2,38)22(26)11-33-23(37)18-10-32-20(21-4-3-17-5-15(7-30)9-34-36(17)21)6-19(18)31-8-16-12-35(13-16)14-25(27,28)29/h3-6,9-10,16,22,38H,8,11-14H2,1-2H3,(H,31,32)(H,33,37). The van der Waals surface area contributed by atoms with Gasteiger partial charge in [-0.05, 0) is 38.1 Å². The van der Waals surface area contributed by atoms with Crippen LogP contribution in [-0.2, 0) is 0 Å². The highest BCUT2D eigenvalue weighted by molar-refractivity contribution is 6.00. The number of nitrogens with one attached hydrogen (secondary N) is 2. The summed E-state index contributed by atoms with van der Waals surface area (Å²) in [6.07, 6.45) is -3.23. The van der Waals surface area contributed by atoms with Crippen molar-refractivity contribution in [3.63, 3.8) is 0 Å². The average Bonchev–Trinajstić information content (AvgIpc) is 3.25. The second-order valence-corrected chi connectivity index (χ2v) is 9.91. The van der Waals surface area contributed by atoms with Gasteiger partial charge in [0.25, 0.3) is 5.91 Å². The number of aromatic nitrogens is 3. The molecule has 0 bridgehead atoms. The Morgan fingerprint density at radius 1 is 1.26 bits per heavy atom. The number of pyridine rings is 1. The molecule has 9 nitrogen and oxygen atoms in total. The van der Waals surface area contributed by atoms with Gasteiger partial charge in [-0.1, -0.05) is 0 Å². The van der Waals surface area contributed by atoms with Crippen LogP contribution in [0.2, 0.25) is 0 Å². The summed E-state index contributed by atoms with van der Waals surface area (Å²) in [6.45, 7) is 2.03. The van der Waals surface area contributed by atoms with Crippen molar-refractivity contribution in [3.05, 3.63) is 47.8 Å². The number of hydrogen-bond acceptors (Lipinski definition) is 7. The van der Waals surface area contributed by atoms with Gasteiger partial charge in [-0.3, -0.25) is 14.7 Å². The van der Waals surface area contributed by atoms with Crippen molar-refractivity contribution >= 4 is 17.1 Å². The third-order valence-corrected chi connectivity index (χ3v) is 6.27. The van der Waals surface area contributed by atoms with Gasteiger partial charge in [0.2, 0.25) is 0 Å². The summed E-state index contributed by atoms with van der Waals surface area (Å²) in [5.74, 6) is -0.682. The normalized spacial score (nSPS) is 15.6. The fraction of sp³-hybridized carbons (Fsp3) is 0.440. The Morgan fingerprint density at radius 2 is 2.00 bits per heavy atom. The van der Waals surface area contributed by atoms with Crippen molar-refractivity contribution < 1.29 is 27.5 Å². The Hall–Kier alpha value is -3.76. The molecule has 0 radical (unpaired) electrons. The van der Waals surface area contributed by atoms with E-state index in [1.54, 1.807) is 28.8 Å². The first-order chi connectivity index (χ1) is 17.8. The molecule has 4 heterocycles. The summed E-state index contributed by atoms with van der Waals surface area (Å²) in [4.78, 5) is 18.6. The molecule has 0 spiro atoms.